The molecule has 1 aliphatic rings. The Hall–Kier alpha value is -1.89. The molecule has 7 heteroatoms. The number of carbonyl (C=O) groups is 1. The molecule has 0 unspecified atom stereocenters. The molecule has 23 heavy (non-hydrogen) atoms. The third kappa shape index (κ3) is 3.24. The van der Waals surface area contributed by atoms with Gasteiger partial charge in [-0.25, -0.2) is 4.79 Å². The number of aliphatic hydroxyl groups is 1. The number of likely N-dealkylation sites (tertiary alicyclic amines) is 1. The molecule has 0 bridgehead atoms. The highest BCUT2D eigenvalue weighted by molar-refractivity contribution is 5.92. The number of aromatic nitrogens is 2. The number of aliphatic hydroxyl groups excluding tert-OH is 1. The van der Waals surface area contributed by atoms with Gasteiger partial charge in [-0.3, -0.25) is 18.7 Å². The lowest BCUT2D eigenvalue weighted by molar-refractivity contribution is 0.0216. The standard InChI is InChI=1S/C16H25N3O4/c1-4-6-16(11-20)7-5-8-19(10-16)14(22)12-9-13(21)18(3)15(23)17(12)2/h9,20H,4-8,10-11H2,1-3H3/t16-/m1/s1. The lowest BCUT2D eigenvalue weighted by atomic mass is 9.77. The second-order valence-electron chi connectivity index (χ2n) is 6.51. The minimum absolute atomic E-state index is 0.0418. The lowest BCUT2D eigenvalue weighted by Crippen LogP contribution is -2.49. The number of hydrogen-bond acceptors (Lipinski definition) is 4. The second kappa shape index (κ2) is 6.70. The van der Waals surface area contributed by atoms with Gasteiger partial charge in [-0.1, -0.05) is 13.3 Å². The highest BCUT2D eigenvalue weighted by Crippen LogP contribution is 2.34. The Kier molecular flexibility index (Phi) is 5.09. The molecule has 1 aromatic heterocycles. The second-order valence-corrected chi connectivity index (χ2v) is 6.51. The van der Waals surface area contributed by atoms with E-state index in [1.165, 1.54) is 24.7 Å². The summed E-state index contributed by atoms with van der Waals surface area (Å²) in [6, 6.07) is 1.21. The van der Waals surface area contributed by atoms with E-state index in [4.69, 9.17) is 0 Å². The van der Waals surface area contributed by atoms with Crippen molar-refractivity contribution in [2.75, 3.05) is 19.7 Å². The minimum Gasteiger partial charge on any atom is -0.396 e. The maximum Gasteiger partial charge on any atom is 0.331 e. The Morgan fingerprint density at radius 2 is 2.00 bits per heavy atom. The van der Waals surface area contributed by atoms with Crippen LogP contribution in [0, 0.1) is 5.41 Å². The Morgan fingerprint density at radius 3 is 2.61 bits per heavy atom. The first-order valence-corrected chi connectivity index (χ1v) is 8.02. The predicted molar refractivity (Wildman–Crippen MR) is 86.5 cm³/mol. The smallest absolute Gasteiger partial charge is 0.331 e. The molecule has 2 heterocycles. The van der Waals surface area contributed by atoms with Gasteiger partial charge in [-0.05, 0) is 19.3 Å². The molecule has 0 aromatic carbocycles. The van der Waals surface area contributed by atoms with E-state index in [1.54, 1.807) is 4.90 Å². The van der Waals surface area contributed by atoms with Gasteiger partial charge in [0.05, 0.1) is 6.61 Å². The van der Waals surface area contributed by atoms with Gasteiger partial charge in [0.2, 0.25) is 0 Å². The zero-order valence-electron chi connectivity index (χ0n) is 14.0. The summed E-state index contributed by atoms with van der Waals surface area (Å²) >= 11 is 0. The van der Waals surface area contributed by atoms with Crippen molar-refractivity contribution in [1.29, 1.82) is 0 Å². The Balaban J connectivity index is 2.34. The number of carbonyl (C=O) groups excluding carboxylic acids is 1. The molecule has 1 aliphatic heterocycles. The van der Waals surface area contributed by atoms with Crippen LogP contribution in [0.4, 0.5) is 0 Å². The van der Waals surface area contributed by atoms with Crippen molar-refractivity contribution in [2.45, 2.75) is 32.6 Å². The zero-order chi connectivity index (χ0) is 17.2. The van der Waals surface area contributed by atoms with Crippen molar-refractivity contribution in [3.05, 3.63) is 32.6 Å². The van der Waals surface area contributed by atoms with E-state index in [1.807, 2.05) is 0 Å². The molecule has 0 spiro atoms. The first-order chi connectivity index (χ1) is 10.8. The van der Waals surface area contributed by atoms with E-state index < -0.39 is 11.2 Å². The van der Waals surface area contributed by atoms with Gasteiger partial charge in [0.25, 0.3) is 11.5 Å². The van der Waals surface area contributed by atoms with Crippen LogP contribution < -0.4 is 11.2 Å². The van der Waals surface area contributed by atoms with E-state index in [0.717, 1.165) is 30.3 Å². The highest BCUT2D eigenvalue weighted by atomic mass is 16.3. The van der Waals surface area contributed by atoms with Crippen molar-refractivity contribution in [2.24, 2.45) is 19.5 Å². The molecular weight excluding hydrogens is 298 g/mol. The Labute approximate surface area is 135 Å². The number of piperidine rings is 1. The van der Waals surface area contributed by atoms with Crippen LogP contribution in [0.2, 0.25) is 0 Å². The highest BCUT2D eigenvalue weighted by Gasteiger charge is 2.36. The van der Waals surface area contributed by atoms with Crippen LogP contribution in [-0.4, -0.2) is 44.7 Å². The molecule has 1 saturated heterocycles. The molecule has 0 saturated carbocycles. The largest absolute Gasteiger partial charge is 0.396 e. The van der Waals surface area contributed by atoms with E-state index in [-0.39, 0.29) is 23.6 Å². The molecule has 128 valence electrons. The quantitative estimate of drug-likeness (QED) is 0.851. The molecule has 7 nitrogen and oxygen atoms in total. The van der Waals surface area contributed by atoms with Gasteiger partial charge in [0.1, 0.15) is 5.69 Å². The number of rotatable bonds is 4. The summed E-state index contributed by atoms with van der Waals surface area (Å²) in [5, 5.41) is 9.78. The molecule has 2 rings (SSSR count). The molecule has 0 aliphatic carbocycles. The van der Waals surface area contributed by atoms with Crippen molar-refractivity contribution in [1.82, 2.24) is 14.0 Å². The van der Waals surface area contributed by atoms with Gasteiger partial charge in [0.15, 0.2) is 0 Å². The van der Waals surface area contributed by atoms with Crippen LogP contribution >= 0.6 is 0 Å². The molecule has 1 fully saturated rings. The van der Waals surface area contributed by atoms with Crippen molar-refractivity contribution in [3.63, 3.8) is 0 Å². The first-order valence-electron chi connectivity index (χ1n) is 8.02. The predicted octanol–water partition coefficient (Wildman–Crippen LogP) is 0.0988. The molecule has 1 N–H and O–H groups in total. The molecule has 1 amide bonds. The lowest BCUT2D eigenvalue weighted by Gasteiger charge is -2.42. The van der Waals surface area contributed by atoms with E-state index >= 15 is 0 Å². The molecule has 1 atom stereocenters. The normalized spacial score (nSPS) is 21.5. The van der Waals surface area contributed by atoms with E-state index in [2.05, 4.69) is 6.92 Å². The average Bonchev–Trinajstić information content (AvgIpc) is 2.56. The number of hydrogen-bond donors (Lipinski definition) is 1. The Bertz CT molecular complexity index is 702. The SMILES string of the molecule is CCC[C@@]1(CO)CCCN(C(=O)c2cc(=O)n(C)c(=O)n2C)C1. The summed E-state index contributed by atoms with van der Waals surface area (Å²) in [7, 11) is 2.88. The average molecular weight is 323 g/mol. The molecule has 1 aromatic rings. The van der Waals surface area contributed by atoms with Crippen molar-refractivity contribution >= 4 is 5.91 Å². The van der Waals surface area contributed by atoms with Gasteiger partial charge in [-0.15, -0.1) is 0 Å². The number of nitrogens with zero attached hydrogens (tertiary/aromatic N) is 3. The van der Waals surface area contributed by atoms with Gasteiger partial charge < -0.3 is 10.0 Å². The van der Waals surface area contributed by atoms with Crippen molar-refractivity contribution in [3.8, 4) is 0 Å². The van der Waals surface area contributed by atoms with Crippen LogP contribution in [0.5, 0.6) is 0 Å². The van der Waals surface area contributed by atoms with Crippen LogP contribution in [0.25, 0.3) is 0 Å². The van der Waals surface area contributed by atoms with Gasteiger partial charge >= 0.3 is 5.69 Å². The monoisotopic (exact) mass is 323 g/mol. The summed E-state index contributed by atoms with van der Waals surface area (Å²) in [5.74, 6) is -0.323. The number of amides is 1. The Morgan fingerprint density at radius 1 is 1.30 bits per heavy atom. The van der Waals surface area contributed by atoms with Crippen LogP contribution in [0.1, 0.15) is 43.1 Å². The van der Waals surface area contributed by atoms with Crippen LogP contribution in [-0.2, 0) is 14.1 Å². The fourth-order valence-corrected chi connectivity index (χ4v) is 3.42. The fraction of sp³-hybridized carbons (Fsp3) is 0.688. The van der Waals surface area contributed by atoms with Crippen LogP contribution in [0.3, 0.4) is 0 Å². The summed E-state index contributed by atoms with van der Waals surface area (Å²) in [5.41, 5.74) is -1.18. The molecular formula is C16H25N3O4. The topological polar surface area (TPSA) is 84.5 Å². The van der Waals surface area contributed by atoms with Gasteiger partial charge in [-0.2, -0.15) is 0 Å². The van der Waals surface area contributed by atoms with Crippen LogP contribution in [0.15, 0.2) is 15.7 Å². The maximum absolute atomic E-state index is 12.8. The van der Waals surface area contributed by atoms with Gasteiger partial charge in [0, 0.05) is 38.7 Å². The summed E-state index contributed by atoms with van der Waals surface area (Å²) < 4.78 is 2.18. The summed E-state index contributed by atoms with van der Waals surface area (Å²) in [4.78, 5) is 38.3. The zero-order valence-corrected chi connectivity index (χ0v) is 14.0. The van der Waals surface area contributed by atoms with E-state index in [0.29, 0.717) is 13.1 Å². The summed E-state index contributed by atoms with van der Waals surface area (Å²) in [6.45, 7) is 3.14. The summed E-state index contributed by atoms with van der Waals surface area (Å²) in [6.07, 6.45) is 3.48. The van der Waals surface area contributed by atoms with E-state index in [9.17, 15) is 19.5 Å². The first kappa shape index (κ1) is 17.5. The minimum atomic E-state index is -0.514. The third-order valence-electron chi connectivity index (χ3n) is 4.81. The molecule has 0 radical (unpaired) electrons. The fourth-order valence-electron chi connectivity index (χ4n) is 3.42. The van der Waals surface area contributed by atoms with Crippen molar-refractivity contribution < 1.29 is 9.90 Å². The maximum atomic E-state index is 12.8. The third-order valence-corrected chi connectivity index (χ3v) is 4.81.